The fourth-order valence-corrected chi connectivity index (χ4v) is 1.12. The van der Waals surface area contributed by atoms with E-state index in [4.69, 9.17) is 5.73 Å². The Labute approximate surface area is 72.6 Å². The van der Waals surface area contributed by atoms with Crippen molar-refractivity contribution in [2.75, 3.05) is 0 Å². The summed E-state index contributed by atoms with van der Waals surface area (Å²) in [6, 6.07) is 2.75. The third-order valence-corrected chi connectivity index (χ3v) is 1.70. The predicted octanol–water partition coefficient (Wildman–Crippen LogP) is 0.801. The SMILES string of the molecule is NC(=O)c1cc2cc(F)cnc2[nH]1. The lowest BCUT2D eigenvalue weighted by molar-refractivity contribution is 0.0996. The van der Waals surface area contributed by atoms with E-state index in [1.807, 2.05) is 0 Å². The van der Waals surface area contributed by atoms with E-state index >= 15 is 0 Å². The molecule has 0 aromatic carbocycles. The second-order valence-corrected chi connectivity index (χ2v) is 2.64. The number of fused-ring (bicyclic) bond motifs is 1. The molecule has 0 atom stereocenters. The zero-order valence-electron chi connectivity index (χ0n) is 6.54. The highest BCUT2D eigenvalue weighted by atomic mass is 19.1. The van der Waals surface area contributed by atoms with Crippen LogP contribution in [0.25, 0.3) is 11.0 Å². The Balaban J connectivity index is 2.68. The van der Waals surface area contributed by atoms with Crippen LogP contribution in [0.15, 0.2) is 18.3 Å². The first-order valence-electron chi connectivity index (χ1n) is 3.61. The third kappa shape index (κ3) is 1.24. The first kappa shape index (κ1) is 7.72. The average Bonchev–Trinajstić information content (AvgIpc) is 2.46. The molecule has 0 spiro atoms. The smallest absolute Gasteiger partial charge is 0.265 e. The number of primary amides is 1. The van der Waals surface area contributed by atoms with Crippen LogP contribution in [0.4, 0.5) is 4.39 Å². The Morgan fingerprint density at radius 3 is 3.00 bits per heavy atom. The van der Waals surface area contributed by atoms with Crippen molar-refractivity contribution in [1.82, 2.24) is 9.97 Å². The van der Waals surface area contributed by atoms with Crippen LogP contribution < -0.4 is 5.73 Å². The summed E-state index contributed by atoms with van der Waals surface area (Å²) in [7, 11) is 0. The average molecular weight is 179 g/mol. The Morgan fingerprint density at radius 1 is 1.54 bits per heavy atom. The summed E-state index contributed by atoms with van der Waals surface area (Å²) in [5.74, 6) is -1.03. The number of pyridine rings is 1. The summed E-state index contributed by atoms with van der Waals surface area (Å²) in [6.07, 6.45) is 1.07. The van der Waals surface area contributed by atoms with Crippen LogP contribution in [0.3, 0.4) is 0 Å². The quantitative estimate of drug-likeness (QED) is 0.679. The molecule has 0 saturated carbocycles. The number of hydrogen-bond acceptors (Lipinski definition) is 2. The normalized spacial score (nSPS) is 10.5. The number of amides is 1. The molecule has 0 fully saturated rings. The van der Waals surface area contributed by atoms with E-state index in [1.165, 1.54) is 12.1 Å². The maximum atomic E-state index is 12.7. The van der Waals surface area contributed by atoms with Gasteiger partial charge >= 0.3 is 0 Å². The summed E-state index contributed by atoms with van der Waals surface area (Å²) >= 11 is 0. The second kappa shape index (κ2) is 2.55. The molecule has 2 aromatic rings. The first-order valence-corrected chi connectivity index (χ1v) is 3.61. The number of nitrogens with two attached hydrogens (primary N) is 1. The number of halogens is 1. The highest BCUT2D eigenvalue weighted by molar-refractivity contribution is 5.96. The maximum absolute atomic E-state index is 12.7. The fourth-order valence-electron chi connectivity index (χ4n) is 1.12. The number of nitrogens with one attached hydrogen (secondary N) is 1. The number of hydrogen-bond donors (Lipinski definition) is 2. The molecule has 4 nitrogen and oxygen atoms in total. The van der Waals surface area contributed by atoms with Gasteiger partial charge in [0.2, 0.25) is 0 Å². The Kier molecular flexibility index (Phi) is 1.51. The molecule has 66 valence electrons. The first-order chi connectivity index (χ1) is 6.16. The van der Waals surface area contributed by atoms with Gasteiger partial charge in [0.1, 0.15) is 17.2 Å². The van der Waals surface area contributed by atoms with Crippen LogP contribution in [0.1, 0.15) is 10.5 Å². The number of H-pyrrole nitrogens is 1. The number of rotatable bonds is 1. The van der Waals surface area contributed by atoms with Crippen molar-refractivity contribution in [3.05, 3.63) is 29.8 Å². The molecule has 0 unspecified atom stereocenters. The van der Waals surface area contributed by atoms with Crippen molar-refractivity contribution in [1.29, 1.82) is 0 Å². The van der Waals surface area contributed by atoms with Crippen LogP contribution in [-0.2, 0) is 0 Å². The van der Waals surface area contributed by atoms with Gasteiger partial charge in [-0.2, -0.15) is 0 Å². The lowest BCUT2D eigenvalue weighted by Gasteiger charge is -1.87. The third-order valence-electron chi connectivity index (χ3n) is 1.70. The summed E-state index contributed by atoms with van der Waals surface area (Å²) in [4.78, 5) is 17.1. The van der Waals surface area contributed by atoms with Crippen molar-refractivity contribution in [3.63, 3.8) is 0 Å². The largest absolute Gasteiger partial charge is 0.364 e. The van der Waals surface area contributed by atoms with Crippen molar-refractivity contribution in [2.24, 2.45) is 5.73 Å². The Hall–Kier alpha value is -1.91. The molecule has 2 aromatic heterocycles. The van der Waals surface area contributed by atoms with Gasteiger partial charge in [-0.05, 0) is 12.1 Å². The van der Waals surface area contributed by atoms with Gasteiger partial charge in [0.15, 0.2) is 0 Å². The molecule has 2 rings (SSSR count). The lowest BCUT2D eigenvalue weighted by Crippen LogP contribution is -2.10. The van der Waals surface area contributed by atoms with E-state index in [1.54, 1.807) is 0 Å². The zero-order valence-corrected chi connectivity index (χ0v) is 6.54. The minimum Gasteiger partial charge on any atom is -0.364 e. The molecule has 0 bridgehead atoms. The summed E-state index contributed by atoms with van der Waals surface area (Å²) in [6.45, 7) is 0. The fraction of sp³-hybridized carbons (Fsp3) is 0. The molecule has 1 amide bonds. The van der Waals surface area contributed by atoms with Gasteiger partial charge in [0.25, 0.3) is 5.91 Å². The molecule has 0 aliphatic heterocycles. The molecule has 0 radical (unpaired) electrons. The summed E-state index contributed by atoms with van der Waals surface area (Å²) in [5.41, 5.74) is 5.71. The van der Waals surface area contributed by atoms with E-state index in [2.05, 4.69) is 9.97 Å². The molecule has 0 aliphatic carbocycles. The van der Waals surface area contributed by atoms with Crippen LogP contribution in [-0.4, -0.2) is 15.9 Å². The van der Waals surface area contributed by atoms with Crippen molar-refractivity contribution in [2.45, 2.75) is 0 Å². The zero-order chi connectivity index (χ0) is 9.42. The maximum Gasteiger partial charge on any atom is 0.265 e. The molecule has 2 heterocycles. The molecular weight excluding hydrogens is 173 g/mol. The van der Waals surface area contributed by atoms with Gasteiger partial charge in [0, 0.05) is 5.39 Å². The minimum absolute atomic E-state index is 0.230. The van der Waals surface area contributed by atoms with Gasteiger partial charge in [-0.1, -0.05) is 0 Å². The second-order valence-electron chi connectivity index (χ2n) is 2.64. The highest BCUT2D eigenvalue weighted by Gasteiger charge is 2.06. The summed E-state index contributed by atoms with van der Waals surface area (Å²) < 4.78 is 12.7. The van der Waals surface area contributed by atoms with Gasteiger partial charge in [-0.15, -0.1) is 0 Å². The summed E-state index contributed by atoms with van der Waals surface area (Å²) in [5, 5.41) is 0.536. The number of carbonyl (C=O) groups is 1. The molecule has 13 heavy (non-hydrogen) atoms. The monoisotopic (exact) mass is 179 g/mol. The molecular formula is C8H6FN3O. The van der Waals surface area contributed by atoms with E-state index < -0.39 is 11.7 Å². The number of aromatic nitrogens is 2. The van der Waals surface area contributed by atoms with Crippen LogP contribution >= 0.6 is 0 Å². The van der Waals surface area contributed by atoms with E-state index in [9.17, 15) is 9.18 Å². The molecule has 5 heteroatoms. The van der Waals surface area contributed by atoms with E-state index in [-0.39, 0.29) is 5.69 Å². The molecule has 3 N–H and O–H groups in total. The molecule has 0 saturated heterocycles. The predicted molar refractivity (Wildman–Crippen MR) is 44.6 cm³/mol. The van der Waals surface area contributed by atoms with Gasteiger partial charge in [-0.3, -0.25) is 4.79 Å². The molecule has 0 aliphatic rings. The number of nitrogens with zero attached hydrogens (tertiary/aromatic N) is 1. The van der Waals surface area contributed by atoms with Crippen LogP contribution in [0.2, 0.25) is 0 Å². The van der Waals surface area contributed by atoms with Crippen molar-refractivity contribution >= 4 is 16.9 Å². The van der Waals surface area contributed by atoms with E-state index in [0.29, 0.717) is 11.0 Å². The topological polar surface area (TPSA) is 71.8 Å². The van der Waals surface area contributed by atoms with Crippen molar-refractivity contribution in [3.8, 4) is 0 Å². The number of aromatic amines is 1. The minimum atomic E-state index is -0.585. The van der Waals surface area contributed by atoms with Crippen LogP contribution in [0.5, 0.6) is 0 Å². The van der Waals surface area contributed by atoms with E-state index in [0.717, 1.165) is 6.20 Å². The van der Waals surface area contributed by atoms with Crippen molar-refractivity contribution < 1.29 is 9.18 Å². The van der Waals surface area contributed by atoms with Crippen LogP contribution in [0, 0.1) is 5.82 Å². The Morgan fingerprint density at radius 2 is 2.31 bits per heavy atom. The lowest BCUT2D eigenvalue weighted by atomic mass is 10.3. The standard InChI is InChI=1S/C8H6FN3O/c9-5-1-4-2-6(7(10)13)12-8(4)11-3-5/h1-3H,(H2,10,13)(H,11,12). The Bertz CT molecular complexity index is 477. The highest BCUT2D eigenvalue weighted by Crippen LogP contribution is 2.13. The van der Waals surface area contributed by atoms with Gasteiger partial charge in [0.05, 0.1) is 6.20 Å². The number of carbonyl (C=O) groups excluding carboxylic acids is 1. The van der Waals surface area contributed by atoms with Gasteiger partial charge in [-0.25, -0.2) is 9.37 Å². The van der Waals surface area contributed by atoms with Gasteiger partial charge < -0.3 is 10.7 Å².